The molecule has 424 valence electrons. The fourth-order valence-electron chi connectivity index (χ4n) is 8.30. The molecule has 0 aliphatic heterocycles. The van der Waals surface area contributed by atoms with E-state index in [1.165, 1.54) is 116 Å². The Morgan fingerprint density at radius 2 is 0.587 bits per heavy atom. The van der Waals surface area contributed by atoms with Crippen molar-refractivity contribution in [1.82, 2.24) is 0 Å². The number of carbonyl (C=O) groups excluding carboxylic acids is 3. The largest absolute Gasteiger partial charge is 0.462 e. The average molecular weight is 1040 g/mol. The highest BCUT2D eigenvalue weighted by Crippen LogP contribution is 2.16. The molecule has 0 saturated heterocycles. The third-order valence-corrected chi connectivity index (χ3v) is 12.8. The van der Waals surface area contributed by atoms with Crippen LogP contribution in [0.5, 0.6) is 0 Å². The summed E-state index contributed by atoms with van der Waals surface area (Å²) in [5.41, 5.74) is 0. The van der Waals surface area contributed by atoms with Gasteiger partial charge in [0.2, 0.25) is 0 Å². The van der Waals surface area contributed by atoms with E-state index in [1.807, 2.05) is 72.9 Å². The first-order chi connectivity index (χ1) is 37.0. The Balaban J connectivity index is 4.51. The summed E-state index contributed by atoms with van der Waals surface area (Å²) in [5.74, 6) is -0.959. The van der Waals surface area contributed by atoms with Gasteiger partial charge in [-0.15, -0.1) is 0 Å². The molecule has 0 N–H and O–H groups in total. The molecule has 0 amide bonds. The van der Waals surface area contributed by atoms with Crippen LogP contribution in [0.4, 0.5) is 0 Å². The highest BCUT2D eigenvalue weighted by Gasteiger charge is 2.19. The maximum absolute atomic E-state index is 12.9. The lowest BCUT2D eigenvalue weighted by atomic mass is 10.0. The Morgan fingerprint density at radius 1 is 0.293 bits per heavy atom. The van der Waals surface area contributed by atoms with E-state index < -0.39 is 6.10 Å². The first-order valence-corrected chi connectivity index (χ1v) is 30.8. The van der Waals surface area contributed by atoms with Gasteiger partial charge in [-0.05, 0) is 77.0 Å². The first kappa shape index (κ1) is 70.5. The molecule has 0 aliphatic rings. The predicted octanol–water partition coefficient (Wildman–Crippen LogP) is 21.0. The summed E-state index contributed by atoms with van der Waals surface area (Å²) in [5, 5.41) is 0. The number of hydrogen-bond donors (Lipinski definition) is 0. The maximum atomic E-state index is 12.9. The molecule has 0 heterocycles. The van der Waals surface area contributed by atoms with Crippen molar-refractivity contribution in [2.45, 2.75) is 271 Å². The summed E-state index contributed by atoms with van der Waals surface area (Å²) in [4.78, 5) is 38.3. The lowest BCUT2D eigenvalue weighted by Crippen LogP contribution is -2.30. The molecule has 0 radical (unpaired) electrons. The standard InChI is InChI=1S/C69H112O6/c1-4-7-10-13-16-19-22-25-28-31-34-37-40-43-46-49-52-55-58-61-67(70)73-64-66(75-69(72)63-60-57-54-51-48-45-42-39-36-33-30-27-24-21-18-15-12-9-6-3)65-74-68(71)62-59-56-53-50-47-44-41-38-35-32-29-26-23-20-17-14-11-8-5-2/h7,9-10,12-13,16,18-19,21-22,25,27-28,30-31,34,36-37,39-40,43,46,66H,4-6,8,11,14-15,17,20,23-24,26,29,32-33,35,38,41-42,44-45,47-65H2,1-3H3/b10-7-,12-9-,16-13-,21-18-,22-19-,28-25-,30-27-,34-31+,39-36-,40-37-,46-43-. The second-order valence-corrected chi connectivity index (χ2v) is 20.0. The monoisotopic (exact) mass is 1040 g/mol. The van der Waals surface area contributed by atoms with Crippen LogP contribution in [0.15, 0.2) is 134 Å². The summed E-state index contributed by atoms with van der Waals surface area (Å²) < 4.78 is 16.9. The quantitative estimate of drug-likeness (QED) is 0.0199. The topological polar surface area (TPSA) is 78.9 Å². The van der Waals surface area contributed by atoms with Gasteiger partial charge in [-0.25, -0.2) is 0 Å². The summed E-state index contributed by atoms with van der Waals surface area (Å²) in [6.07, 6.45) is 87.3. The number of ether oxygens (including phenoxy) is 3. The van der Waals surface area contributed by atoms with Gasteiger partial charge in [0.05, 0.1) is 0 Å². The summed E-state index contributed by atoms with van der Waals surface area (Å²) in [7, 11) is 0. The smallest absolute Gasteiger partial charge is 0.306 e. The second-order valence-electron chi connectivity index (χ2n) is 20.0. The minimum absolute atomic E-state index is 0.101. The molecular formula is C69H112O6. The van der Waals surface area contributed by atoms with E-state index in [0.717, 1.165) is 109 Å². The van der Waals surface area contributed by atoms with Crippen molar-refractivity contribution < 1.29 is 28.6 Å². The van der Waals surface area contributed by atoms with Gasteiger partial charge in [0, 0.05) is 19.3 Å². The minimum atomic E-state index is -0.810. The minimum Gasteiger partial charge on any atom is -0.462 e. The van der Waals surface area contributed by atoms with Crippen LogP contribution in [-0.2, 0) is 28.6 Å². The van der Waals surface area contributed by atoms with Gasteiger partial charge >= 0.3 is 17.9 Å². The van der Waals surface area contributed by atoms with Gasteiger partial charge < -0.3 is 14.2 Å². The summed E-state index contributed by atoms with van der Waals surface area (Å²) >= 11 is 0. The fourth-order valence-corrected chi connectivity index (χ4v) is 8.30. The van der Waals surface area contributed by atoms with Crippen LogP contribution in [-0.4, -0.2) is 37.2 Å². The first-order valence-electron chi connectivity index (χ1n) is 30.8. The molecule has 0 bridgehead atoms. The lowest BCUT2D eigenvalue weighted by molar-refractivity contribution is -0.167. The van der Waals surface area contributed by atoms with Crippen molar-refractivity contribution in [3.63, 3.8) is 0 Å². The van der Waals surface area contributed by atoms with Crippen molar-refractivity contribution in [2.24, 2.45) is 0 Å². The molecule has 0 aromatic heterocycles. The van der Waals surface area contributed by atoms with Crippen LogP contribution < -0.4 is 0 Å². The zero-order valence-corrected chi connectivity index (χ0v) is 48.5. The molecule has 0 saturated carbocycles. The number of carbonyl (C=O) groups is 3. The summed E-state index contributed by atoms with van der Waals surface area (Å²) in [6, 6.07) is 0. The van der Waals surface area contributed by atoms with Crippen LogP contribution in [0.2, 0.25) is 0 Å². The summed E-state index contributed by atoms with van der Waals surface area (Å²) in [6.45, 7) is 6.35. The van der Waals surface area contributed by atoms with Gasteiger partial charge in [0.1, 0.15) is 13.2 Å². The third kappa shape index (κ3) is 60.3. The van der Waals surface area contributed by atoms with Crippen LogP contribution in [0.25, 0.3) is 0 Å². The Bertz CT molecular complexity index is 1620. The third-order valence-electron chi connectivity index (χ3n) is 12.8. The molecular weight excluding hydrogens is 925 g/mol. The molecule has 0 aliphatic carbocycles. The highest BCUT2D eigenvalue weighted by atomic mass is 16.6. The van der Waals surface area contributed by atoms with Gasteiger partial charge in [0.15, 0.2) is 6.10 Å². The molecule has 0 fully saturated rings. The normalized spacial score (nSPS) is 13.1. The lowest BCUT2D eigenvalue weighted by Gasteiger charge is -2.18. The molecule has 0 spiro atoms. The van der Waals surface area contributed by atoms with Crippen molar-refractivity contribution >= 4 is 17.9 Å². The fraction of sp³-hybridized carbons (Fsp3) is 0.638. The van der Waals surface area contributed by atoms with Crippen molar-refractivity contribution in [1.29, 1.82) is 0 Å². The Kier molecular flexibility index (Phi) is 58.4. The van der Waals surface area contributed by atoms with Gasteiger partial charge in [-0.3, -0.25) is 14.4 Å². The van der Waals surface area contributed by atoms with Crippen LogP contribution >= 0.6 is 0 Å². The van der Waals surface area contributed by atoms with Gasteiger partial charge in [0.25, 0.3) is 0 Å². The molecule has 75 heavy (non-hydrogen) atoms. The van der Waals surface area contributed by atoms with E-state index in [4.69, 9.17) is 14.2 Å². The number of allylic oxidation sites excluding steroid dienone is 22. The number of unbranched alkanes of at least 4 members (excludes halogenated alkanes) is 27. The Hall–Kier alpha value is -4.45. The molecule has 6 nitrogen and oxygen atoms in total. The van der Waals surface area contributed by atoms with E-state index in [2.05, 4.69) is 81.5 Å². The van der Waals surface area contributed by atoms with E-state index in [0.29, 0.717) is 19.3 Å². The van der Waals surface area contributed by atoms with Crippen molar-refractivity contribution in [2.75, 3.05) is 13.2 Å². The Morgan fingerprint density at radius 3 is 0.987 bits per heavy atom. The molecule has 0 aromatic carbocycles. The molecule has 0 aromatic rings. The van der Waals surface area contributed by atoms with Gasteiger partial charge in [-0.1, -0.05) is 302 Å². The zero-order chi connectivity index (χ0) is 54.3. The molecule has 1 atom stereocenters. The van der Waals surface area contributed by atoms with E-state index in [-0.39, 0.29) is 31.1 Å². The number of rotatable bonds is 54. The Labute approximate surface area is 462 Å². The van der Waals surface area contributed by atoms with E-state index >= 15 is 0 Å². The molecule has 0 rings (SSSR count). The zero-order valence-electron chi connectivity index (χ0n) is 48.5. The van der Waals surface area contributed by atoms with Crippen LogP contribution in [0.3, 0.4) is 0 Å². The van der Waals surface area contributed by atoms with Crippen molar-refractivity contribution in [3.8, 4) is 0 Å². The average Bonchev–Trinajstić information content (AvgIpc) is 3.41. The van der Waals surface area contributed by atoms with E-state index in [1.54, 1.807) is 0 Å². The van der Waals surface area contributed by atoms with Crippen molar-refractivity contribution in [3.05, 3.63) is 134 Å². The maximum Gasteiger partial charge on any atom is 0.306 e. The highest BCUT2D eigenvalue weighted by molar-refractivity contribution is 5.71. The molecule has 6 heteroatoms. The second kappa shape index (κ2) is 62.1. The van der Waals surface area contributed by atoms with Gasteiger partial charge in [-0.2, -0.15) is 0 Å². The van der Waals surface area contributed by atoms with E-state index in [9.17, 15) is 14.4 Å². The van der Waals surface area contributed by atoms with Crippen LogP contribution in [0, 0.1) is 0 Å². The number of hydrogen-bond acceptors (Lipinski definition) is 6. The number of esters is 3. The molecule has 1 unspecified atom stereocenters. The predicted molar refractivity (Wildman–Crippen MR) is 325 cm³/mol. The van der Waals surface area contributed by atoms with Crippen LogP contribution in [0.1, 0.15) is 265 Å². The SMILES string of the molecule is CC\C=C/C=C\C=C/C=C\C=C\C=C/C=C\CCCCCC(=O)OCC(COC(=O)CCCCCCCCCCCCCCCCCCCCC)OC(=O)CCCCCCCC/C=C\C/C=C\C/C=C\C/C=C\CC.